The van der Waals surface area contributed by atoms with Gasteiger partial charge in [0.15, 0.2) is 0 Å². The minimum Gasteiger partial charge on any atom is -0.492 e. The summed E-state index contributed by atoms with van der Waals surface area (Å²) in [7, 11) is 0. The van der Waals surface area contributed by atoms with E-state index in [1.807, 2.05) is 13.8 Å². The molecule has 0 aromatic carbocycles. The first-order chi connectivity index (χ1) is 5.02. The van der Waals surface area contributed by atoms with E-state index in [0.717, 1.165) is 0 Å². The number of hydrogen-bond donors (Lipinski definition) is 2. The first-order valence-corrected chi connectivity index (χ1v) is 4.23. The van der Waals surface area contributed by atoms with Crippen LogP contribution in [-0.2, 0) is 4.74 Å². The Labute approximate surface area is 73.7 Å². The molecule has 0 unspecified atom stereocenters. The van der Waals surface area contributed by atoms with Crippen LogP contribution < -0.4 is 0 Å². The Morgan fingerprint density at radius 3 is 2.55 bits per heavy atom. The molecule has 0 saturated carbocycles. The van der Waals surface area contributed by atoms with E-state index in [0.29, 0.717) is 17.9 Å². The molecule has 2 nitrogen and oxygen atoms in total. The van der Waals surface area contributed by atoms with Gasteiger partial charge in [0.1, 0.15) is 5.60 Å². The average Bonchev–Trinajstić information content (AvgIpc) is 1.86. The molecule has 0 saturated heterocycles. The molecular weight excluding hydrogens is 160 g/mol. The van der Waals surface area contributed by atoms with Crippen LogP contribution in [-0.4, -0.2) is 23.1 Å². The average molecular weight is 176 g/mol. The molecule has 66 valence electrons. The lowest BCUT2D eigenvalue weighted by Crippen LogP contribution is -2.25. The molecule has 0 atom stereocenters. The number of aliphatic hydroxyl groups excluding tert-OH is 1. The van der Waals surface area contributed by atoms with Gasteiger partial charge in [-0.1, -0.05) is 6.58 Å². The standard InChI is InChI=1S/C8H16O2S/c1-7(6-11)10-8(2,3)4-5-9/h9,11H,1,4-6H2,2-3H3. The van der Waals surface area contributed by atoms with Crippen molar-refractivity contribution in [3.8, 4) is 0 Å². The fraction of sp³-hybridized carbons (Fsp3) is 0.750. The highest BCUT2D eigenvalue weighted by Crippen LogP contribution is 2.17. The second-order valence-corrected chi connectivity index (χ2v) is 3.35. The predicted molar refractivity (Wildman–Crippen MR) is 49.9 cm³/mol. The van der Waals surface area contributed by atoms with Crippen molar-refractivity contribution in [2.24, 2.45) is 0 Å². The van der Waals surface area contributed by atoms with E-state index in [9.17, 15) is 0 Å². The highest BCUT2D eigenvalue weighted by Gasteiger charge is 2.18. The third-order valence-electron chi connectivity index (χ3n) is 1.31. The summed E-state index contributed by atoms with van der Waals surface area (Å²) in [6.07, 6.45) is 0.611. The van der Waals surface area contributed by atoms with Gasteiger partial charge in [0.05, 0.1) is 5.76 Å². The topological polar surface area (TPSA) is 29.5 Å². The van der Waals surface area contributed by atoms with Crippen LogP contribution in [0.1, 0.15) is 20.3 Å². The van der Waals surface area contributed by atoms with Gasteiger partial charge in [0.2, 0.25) is 0 Å². The number of hydrogen-bond acceptors (Lipinski definition) is 3. The number of ether oxygens (including phenoxy) is 1. The smallest absolute Gasteiger partial charge is 0.105 e. The molecule has 0 fully saturated rings. The van der Waals surface area contributed by atoms with Crippen LogP contribution >= 0.6 is 12.6 Å². The zero-order valence-electron chi connectivity index (χ0n) is 7.13. The molecule has 11 heavy (non-hydrogen) atoms. The summed E-state index contributed by atoms with van der Waals surface area (Å²) < 4.78 is 5.40. The van der Waals surface area contributed by atoms with Crippen LogP contribution in [0, 0.1) is 0 Å². The van der Waals surface area contributed by atoms with E-state index >= 15 is 0 Å². The van der Waals surface area contributed by atoms with E-state index in [-0.39, 0.29) is 12.2 Å². The Kier molecular flexibility index (Phi) is 4.61. The van der Waals surface area contributed by atoms with Crippen molar-refractivity contribution in [1.29, 1.82) is 0 Å². The van der Waals surface area contributed by atoms with E-state index in [1.165, 1.54) is 0 Å². The summed E-state index contributed by atoms with van der Waals surface area (Å²) in [6.45, 7) is 7.62. The molecule has 0 aliphatic heterocycles. The molecule has 0 bridgehead atoms. The zero-order valence-corrected chi connectivity index (χ0v) is 8.03. The van der Waals surface area contributed by atoms with Crippen molar-refractivity contribution in [2.75, 3.05) is 12.4 Å². The van der Waals surface area contributed by atoms with Crippen LogP contribution in [0.3, 0.4) is 0 Å². The van der Waals surface area contributed by atoms with Crippen molar-refractivity contribution >= 4 is 12.6 Å². The highest BCUT2D eigenvalue weighted by atomic mass is 32.1. The molecule has 0 rings (SSSR count). The van der Waals surface area contributed by atoms with Gasteiger partial charge in [-0.2, -0.15) is 12.6 Å². The van der Waals surface area contributed by atoms with Gasteiger partial charge in [0.25, 0.3) is 0 Å². The van der Waals surface area contributed by atoms with E-state index in [2.05, 4.69) is 19.2 Å². The molecule has 0 aromatic rings. The second-order valence-electron chi connectivity index (χ2n) is 3.03. The van der Waals surface area contributed by atoms with E-state index < -0.39 is 0 Å². The Hall–Kier alpha value is -0.150. The summed E-state index contributed by atoms with van der Waals surface area (Å²) in [5.74, 6) is 1.17. The van der Waals surface area contributed by atoms with Crippen molar-refractivity contribution in [2.45, 2.75) is 25.9 Å². The van der Waals surface area contributed by atoms with Crippen molar-refractivity contribution in [3.05, 3.63) is 12.3 Å². The molecular formula is C8H16O2S. The molecule has 0 aromatic heterocycles. The third kappa shape index (κ3) is 5.16. The van der Waals surface area contributed by atoms with Gasteiger partial charge in [-0.15, -0.1) is 0 Å². The molecule has 0 radical (unpaired) electrons. The maximum atomic E-state index is 8.66. The second kappa shape index (κ2) is 4.67. The summed E-state index contributed by atoms with van der Waals surface area (Å²) in [4.78, 5) is 0. The lowest BCUT2D eigenvalue weighted by Gasteiger charge is -2.26. The maximum absolute atomic E-state index is 8.66. The number of aliphatic hydroxyl groups is 1. The Morgan fingerprint density at radius 2 is 2.18 bits per heavy atom. The van der Waals surface area contributed by atoms with E-state index in [4.69, 9.17) is 9.84 Å². The molecule has 0 spiro atoms. The van der Waals surface area contributed by atoms with Crippen LogP contribution in [0.25, 0.3) is 0 Å². The molecule has 0 aliphatic carbocycles. The first kappa shape index (κ1) is 10.8. The van der Waals surface area contributed by atoms with Gasteiger partial charge in [-0.25, -0.2) is 0 Å². The quantitative estimate of drug-likeness (QED) is 0.492. The Balaban J connectivity index is 3.80. The van der Waals surface area contributed by atoms with Crippen LogP contribution in [0.5, 0.6) is 0 Å². The third-order valence-corrected chi connectivity index (χ3v) is 1.66. The normalized spacial score (nSPS) is 11.3. The summed E-state index contributed by atoms with van der Waals surface area (Å²) in [6, 6.07) is 0. The van der Waals surface area contributed by atoms with Gasteiger partial charge < -0.3 is 9.84 Å². The monoisotopic (exact) mass is 176 g/mol. The van der Waals surface area contributed by atoms with Crippen molar-refractivity contribution in [1.82, 2.24) is 0 Å². The molecule has 0 aliphatic rings. The molecule has 3 heteroatoms. The van der Waals surface area contributed by atoms with Gasteiger partial charge in [-0.05, 0) is 13.8 Å². The summed E-state index contributed by atoms with van der Waals surface area (Å²) in [5.41, 5.74) is -0.325. The maximum Gasteiger partial charge on any atom is 0.105 e. The SMILES string of the molecule is C=C(CS)OC(C)(C)CCO. The predicted octanol–water partition coefficient (Wildman–Crippen LogP) is 1.61. The molecule has 0 amide bonds. The first-order valence-electron chi connectivity index (χ1n) is 3.60. The minimum absolute atomic E-state index is 0.132. The summed E-state index contributed by atoms with van der Waals surface area (Å²) in [5, 5.41) is 8.66. The lowest BCUT2D eigenvalue weighted by molar-refractivity contribution is 0.0165. The fourth-order valence-electron chi connectivity index (χ4n) is 0.743. The van der Waals surface area contributed by atoms with Crippen LogP contribution in [0.15, 0.2) is 12.3 Å². The number of rotatable bonds is 5. The number of thiol groups is 1. The van der Waals surface area contributed by atoms with Crippen LogP contribution in [0.4, 0.5) is 0 Å². The largest absolute Gasteiger partial charge is 0.492 e. The Morgan fingerprint density at radius 1 is 1.64 bits per heavy atom. The van der Waals surface area contributed by atoms with Crippen LogP contribution in [0.2, 0.25) is 0 Å². The van der Waals surface area contributed by atoms with Gasteiger partial charge >= 0.3 is 0 Å². The zero-order chi connectivity index (χ0) is 8.91. The fourth-order valence-corrected chi connectivity index (χ4v) is 0.808. The summed E-state index contributed by atoms with van der Waals surface area (Å²) >= 11 is 4.01. The van der Waals surface area contributed by atoms with Crippen molar-refractivity contribution < 1.29 is 9.84 Å². The highest BCUT2D eigenvalue weighted by molar-refractivity contribution is 7.80. The molecule has 1 N–H and O–H groups in total. The lowest BCUT2D eigenvalue weighted by atomic mass is 10.1. The molecule has 0 heterocycles. The van der Waals surface area contributed by atoms with Gasteiger partial charge in [0, 0.05) is 18.8 Å². The van der Waals surface area contributed by atoms with E-state index in [1.54, 1.807) is 0 Å². The van der Waals surface area contributed by atoms with Gasteiger partial charge in [-0.3, -0.25) is 0 Å². The Bertz CT molecular complexity index is 132. The minimum atomic E-state index is -0.325. The van der Waals surface area contributed by atoms with Crippen molar-refractivity contribution in [3.63, 3.8) is 0 Å².